The van der Waals surface area contributed by atoms with Gasteiger partial charge in [0.15, 0.2) is 28.2 Å². The largest absolute Gasteiger partial charge is 0.411 e. The van der Waals surface area contributed by atoms with Crippen molar-refractivity contribution in [3.05, 3.63) is 11.6 Å². The molecule has 4 nitrogen and oxygen atoms in total. The predicted octanol–water partition coefficient (Wildman–Crippen LogP) is 4.87. The summed E-state index contributed by atoms with van der Waals surface area (Å²) in [5.74, 6) is 0.462. The second-order valence-corrected chi connectivity index (χ2v) is 17.9. The van der Waals surface area contributed by atoms with Gasteiger partial charge in [0.05, 0.1) is 12.7 Å². The minimum atomic E-state index is -1.60. The molecule has 0 saturated carbocycles. The second kappa shape index (κ2) is 9.95. The molecule has 6 heteroatoms. The molecule has 0 bridgehead atoms. The van der Waals surface area contributed by atoms with E-state index in [1.54, 1.807) is 0 Å². The van der Waals surface area contributed by atoms with Crippen molar-refractivity contribution >= 4 is 28.2 Å². The van der Waals surface area contributed by atoms with E-state index in [4.69, 9.17) is 8.85 Å². The maximum absolute atomic E-state index is 12.0. The fourth-order valence-electron chi connectivity index (χ4n) is 2.80. The molecule has 0 fully saturated rings. The van der Waals surface area contributed by atoms with Crippen molar-refractivity contribution in [2.75, 3.05) is 6.61 Å². The van der Waals surface area contributed by atoms with Gasteiger partial charge in [0.2, 0.25) is 0 Å². The quantitative estimate of drug-likeness (QED) is 0.356. The smallest absolute Gasteiger partial charge is 0.184 e. The van der Waals surface area contributed by atoms with Crippen LogP contribution in [0.4, 0.5) is 0 Å². The molecule has 0 aromatic heterocycles. The fourth-order valence-corrected chi connectivity index (χ4v) is 4.46. The van der Waals surface area contributed by atoms with Gasteiger partial charge in [0.25, 0.3) is 0 Å². The Labute approximate surface area is 155 Å². The number of allylic oxidation sites excluding steroid dienone is 1. The first-order chi connectivity index (χ1) is 11.5. The van der Waals surface area contributed by atoms with Gasteiger partial charge in [-0.25, -0.2) is 0 Å². The van der Waals surface area contributed by atoms with Gasteiger partial charge in [-0.2, -0.15) is 0 Å². The zero-order chi connectivity index (χ0) is 19.1. The van der Waals surface area contributed by atoms with Gasteiger partial charge in [-0.05, 0) is 70.2 Å². The molecule has 1 aliphatic carbocycles. The Morgan fingerprint density at radius 3 is 2.28 bits per heavy atom. The van der Waals surface area contributed by atoms with Gasteiger partial charge in [0.1, 0.15) is 0 Å². The highest BCUT2D eigenvalue weighted by atomic mass is 28.4. The van der Waals surface area contributed by atoms with Crippen LogP contribution in [0.15, 0.2) is 11.6 Å². The predicted molar refractivity (Wildman–Crippen MR) is 108 cm³/mol. The fraction of sp³-hybridized carbons (Fsp3) is 0.789. The van der Waals surface area contributed by atoms with Crippen LogP contribution < -0.4 is 0 Å². The van der Waals surface area contributed by atoms with E-state index in [1.807, 2.05) is 6.08 Å². The van der Waals surface area contributed by atoms with E-state index >= 15 is 0 Å². The monoisotopic (exact) mass is 384 g/mol. The van der Waals surface area contributed by atoms with Crippen molar-refractivity contribution < 1.29 is 18.4 Å². The molecular weight excluding hydrogens is 348 g/mol. The summed E-state index contributed by atoms with van der Waals surface area (Å²) in [4.78, 5) is 23.8. The van der Waals surface area contributed by atoms with Gasteiger partial charge >= 0.3 is 0 Å². The van der Waals surface area contributed by atoms with E-state index in [1.165, 1.54) is 0 Å². The van der Waals surface area contributed by atoms with E-state index in [0.717, 1.165) is 37.7 Å². The van der Waals surface area contributed by atoms with E-state index in [-0.39, 0.29) is 24.3 Å². The summed E-state index contributed by atoms with van der Waals surface area (Å²) >= 11 is 0. The van der Waals surface area contributed by atoms with Crippen molar-refractivity contribution in [3.8, 4) is 0 Å². The highest BCUT2D eigenvalue weighted by molar-refractivity contribution is 6.70. The number of Topliss-reactive ketones (excluding diaryl/α,β-unsaturated/α-hetero) is 2. The van der Waals surface area contributed by atoms with E-state index in [9.17, 15) is 9.59 Å². The lowest BCUT2D eigenvalue weighted by Gasteiger charge is -2.21. The van der Waals surface area contributed by atoms with Crippen molar-refractivity contribution in [1.82, 2.24) is 0 Å². The molecule has 1 unspecified atom stereocenters. The molecular formula is C19H36O4Si2. The summed E-state index contributed by atoms with van der Waals surface area (Å²) in [6, 6.07) is 0. The Morgan fingerprint density at radius 2 is 1.68 bits per heavy atom. The molecule has 1 rings (SSSR count). The van der Waals surface area contributed by atoms with E-state index < -0.39 is 16.6 Å². The molecule has 0 amide bonds. The van der Waals surface area contributed by atoms with Gasteiger partial charge in [-0.3, -0.25) is 9.59 Å². The third kappa shape index (κ3) is 10.9. The highest BCUT2D eigenvalue weighted by Crippen LogP contribution is 2.25. The van der Waals surface area contributed by atoms with E-state index in [0.29, 0.717) is 12.8 Å². The van der Waals surface area contributed by atoms with Gasteiger partial charge in [-0.1, -0.05) is 12.8 Å². The standard InChI is InChI=1S/C19H36O4Si2/c1-24(2,3)22-15-17(20)12-10-8-7-9-11-16-13-18(14-19(16)21)23-25(4,5)6/h13,18H,7-12,14-15H2,1-6H3. The Hall–Kier alpha value is -0.566. The van der Waals surface area contributed by atoms with Gasteiger partial charge < -0.3 is 8.85 Å². The lowest BCUT2D eigenvalue weighted by Crippen LogP contribution is -2.30. The number of rotatable bonds is 12. The summed E-state index contributed by atoms with van der Waals surface area (Å²) in [6.07, 6.45) is 8.04. The Bertz CT molecular complexity index is 487. The number of ketones is 2. The lowest BCUT2D eigenvalue weighted by molar-refractivity contribution is -0.121. The van der Waals surface area contributed by atoms with E-state index in [2.05, 4.69) is 39.3 Å². The van der Waals surface area contributed by atoms with Gasteiger partial charge in [-0.15, -0.1) is 0 Å². The Morgan fingerprint density at radius 1 is 1.04 bits per heavy atom. The van der Waals surface area contributed by atoms with Crippen LogP contribution in [-0.2, 0) is 18.4 Å². The minimum absolute atomic E-state index is 0.00171. The molecule has 0 saturated heterocycles. The lowest BCUT2D eigenvalue weighted by atomic mass is 10.0. The average molecular weight is 385 g/mol. The van der Waals surface area contributed by atoms with Crippen LogP contribution in [0.1, 0.15) is 44.9 Å². The SMILES string of the molecule is C[Si](C)(C)OCC(=O)CCCCCCC1=CC(O[Si](C)(C)C)CC1=O. The van der Waals surface area contributed by atoms with Crippen LogP contribution in [0.5, 0.6) is 0 Å². The Balaban J connectivity index is 2.14. The molecule has 0 aliphatic heterocycles. The van der Waals surface area contributed by atoms with Gasteiger partial charge in [0, 0.05) is 12.8 Å². The minimum Gasteiger partial charge on any atom is -0.411 e. The molecule has 0 spiro atoms. The molecule has 144 valence electrons. The normalized spacial score (nSPS) is 18.6. The number of carbonyl (C=O) groups is 2. The van der Waals surface area contributed by atoms with Crippen LogP contribution in [0.2, 0.25) is 39.3 Å². The van der Waals surface area contributed by atoms with Crippen LogP contribution in [0, 0.1) is 0 Å². The molecule has 1 atom stereocenters. The summed E-state index contributed by atoms with van der Waals surface area (Å²) in [5, 5.41) is 0. The van der Waals surface area contributed by atoms with Crippen LogP contribution in [-0.4, -0.2) is 40.9 Å². The average Bonchev–Trinajstić information content (AvgIpc) is 2.77. The molecule has 25 heavy (non-hydrogen) atoms. The Kier molecular flexibility index (Phi) is 8.94. The number of carbonyl (C=O) groups excluding carboxylic acids is 2. The third-order valence-corrected chi connectivity index (χ3v) is 5.97. The van der Waals surface area contributed by atoms with Crippen molar-refractivity contribution in [2.24, 2.45) is 0 Å². The van der Waals surface area contributed by atoms with Crippen molar-refractivity contribution in [2.45, 2.75) is 90.3 Å². The zero-order valence-corrected chi connectivity index (χ0v) is 18.9. The molecule has 0 N–H and O–H groups in total. The maximum atomic E-state index is 12.0. The molecule has 1 aliphatic rings. The van der Waals surface area contributed by atoms with Crippen LogP contribution in [0.3, 0.4) is 0 Å². The topological polar surface area (TPSA) is 52.6 Å². The maximum Gasteiger partial charge on any atom is 0.184 e. The molecule has 0 radical (unpaired) electrons. The van der Waals surface area contributed by atoms with Crippen LogP contribution >= 0.6 is 0 Å². The number of hydrogen-bond donors (Lipinski definition) is 0. The van der Waals surface area contributed by atoms with Crippen LogP contribution in [0.25, 0.3) is 0 Å². The first kappa shape index (κ1) is 22.5. The zero-order valence-electron chi connectivity index (χ0n) is 16.9. The third-order valence-electron chi connectivity index (χ3n) is 3.95. The van der Waals surface area contributed by atoms with Crippen molar-refractivity contribution in [1.29, 1.82) is 0 Å². The highest BCUT2D eigenvalue weighted by Gasteiger charge is 2.28. The number of unbranched alkanes of at least 4 members (excludes halogenated alkanes) is 3. The molecule has 0 aromatic rings. The summed E-state index contributed by atoms with van der Waals surface area (Å²) < 4.78 is 11.6. The summed E-state index contributed by atoms with van der Waals surface area (Å²) in [5.41, 5.74) is 0.947. The first-order valence-electron chi connectivity index (χ1n) is 9.54. The van der Waals surface area contributed by atoms with Crippen molar-refractivity contribution in [3.63, 3.8) is 0 Å². The molecule has 0 heterocycles. The second-order valence-electron chi connectivity index (χ2n) is 8.94. The molecule has 0 aromatic carbocycles. The summed E-state index contributed by atoms with van der Waals surface area (Å²) in [7, 11) is -3.19. The summed E-state index contributed by atoms with van der Waals surface area (Å²) in [6.45, 7) is 13.0. The number of hydrogen-bond acceptors (Lipinski definition) is 4. The first-order valence-corrected chi connectivity index (χ1v) is 16.4.